The first-order valence-electron chi connectivity index (χ1n) is 10.0. The number of carbonyl (C=O) groups is 6. The second-order valence-corrected chi connectivity index (χ2v) is 7.80. The first-order valence-corrected chi connectivity index (χ1v) is 10.0. The molecule has 0 aliphatic rings. The molecule has 0 aromatic heterocycles. The van der Waals surface area contributed by atoms with Gasteiger partial charge in [-0.25, -0.2) is 4.79 Å². The molecule has 5 atom stereocenters. The van der Waals surface area contributed by atoms with Crippen LogP contribution in [0.25, 0.3) is 0 Å². The Kier molecular flexibility index (Phi) is 11.9. The Morgan fingerprint density at radius 1 is 0.750 bits per heavy atom. The van der Waals surface area contributed by atoms with Gasteiger partial charge in [-0.1, -0.05) is 34.1 Å². The van der Waals surface area contributed by atoms with Crippen molar-refractivity contribution in [3.05, 3.63) is 0 Å². The van der Waals surface area contributed by atoms with Crippen LogP contribution in [0.15, 0.2) is 0 Å². The molecular formula is C19H32N4O9. The number of carbonyl (C=O) groups excluding carboxylic acids is 3. The van der Waals surface area contributed by atoms with Crippen molar-refractivity contribution in [3.63, 3.8) is 0 Å². The lowest BCUT2D eigenvalue weighted by Gasteiger charge is -2.28. The summed E-state index contributed by atoms with van der Waals surface area (Å²) in [5, 5.41) is 33.5. The molecule has 0 bridgehead atoms. The van der Waals surface area contributed by atoms with Crippen LogP contribution in [-0.4, -0.2) is 75.1 Å². The average Bonchev–Trinajstić information content (AvgIpc) is 2.68. The van der Waals surface area contributed by atoms with Crippen LogP contribution >= 0.6 is 0 Å². The zero-order chi connectivity index (χ0) is 25.2. The minimum absolute atomic E-state index is 0.219. The van der Waals surface area contributed by atoms with Gasteiger partial charge in [0, 0.05) is 0 Å². The zero-order valence-electron chi connectivity index (χ0n) is 18.5. The van der Waals surface area contributed by atoms with E-state index >= 15 is 0 Å². The summed E-state index contributed by atoms with van der Waals surface area (Å²) in [6.07, 6.45) is -1.40. The van der Waals surface area contributed by atoms with Gasteiger partial charge in [-0.15, -0.1) is 0 Å². The molecule has 0 radical (unpaired) electrons. The highest BCUT2D eigenvalue weighted by Crippen LogP contribution is 2.10. The minimum atomic E-state index is -1.83. The zero-order valence-corrected chi connectivity index (χ0v) is 18.5. The van der Waals surface area contributed by atoms with E-state index in [1.165, 1.54) is 0 Å². The maximum Gasteiger partial charge on any atom is 0.326 e. The van der Waals surface area contributed by atoms with Gasteiger partial charge >= 0.3 is 17.9 Å². The van der Waals surface area contributed by atoms with E-state index in [1.54, 1.807) is 27.7 Å². The van der Waals surface area contributed by atoms with E-state index in [0.29, 0.717) is 6.42 Å². The standard InChI is InChI=1S/C19H32N4O9/c1-5-9(4)15(23-17(29)14(20)8(2)3)18(30)21-10(6-12(24)25)16(28)22-11(19(31)32)7-13(26)27/h8-11,14-15H,5-7,20H2,1-4H3,(H,21,30)(H,22,28)(H,23,29)(H,24,25)(H,26,27)(H,31,32). The summed E-state index contributed by atoms with van der Waals surface area (Å²) in [4.78, 5) is 70.7. The van der Waals surface area contributed by atoms with E-state index in [-0.39, 0.29) is 5.92 Å². The molecule has 13 heteroatoms. The Labute approximate surface area is 185 Å². The second-order valence-electron chi connectivity index (χ2n) is 7.80. The molecule has 182 valence electrons. The van der Waals surface area contributed by atoms with Crippen LogP contribution in [0.4, 0.5) is 0 Å². The lowest BCUT2D eigenvalue weighted by molar-refractivity contribution is -0.148. The molecule has 8 N–H and O–H groups in total. The smallest absolute Gasteiger partial charge is 0.326 e. The third-order valence-corrected chi connectivity index (χ3v) is 4.82. The molecule has 0 heterocycles. The molecule has 0 saturated heterocycles. The Bertz CT molecular complexity index is 726. The predicted octanol–water partition coefficient (Wildman–Crippen LogP) is -1.50. The highest BCUT2D eigenvalue weighted by molar-refractivity contribution is 5.96. The summed E-state index contributed by atoms with van der Waals surface area (Å²) < 4.78 is 0. The Hall–Kier alpha value is -3.22. The van der Waals surface area contributed by atoms with Crippen molar-refractivity contribution in [3.8, 4) is 0 Å². The van der Waals surface area contributed by atoms with Crippen molar-refractivity contribution in [2.24, 2.45) is 17.6 Å². The van der Waals surface area contributed by atoms with Gasteiger partial charge in [0.05, 0.1) is 18.9 Å². The second kappa shape index (κ2) is 13.2. The SMILES string of the molecule is CCC(C)C(NC(=O)C(N)C(C)C)C(=O)NC(CC(=O)O)C(=O)NC(CC(=O)O)C(=O)O. The van der Waals surface area contributed by atoms with Crippen molar-refractivity contribution in [2.45, 2.75) is 71.1 Å². The number of nitrogens with one attached hydrogen (secondary N) is 3. The van der Waals surface area contributed by atoms with Gasteiger partial charge in [0.1, 0.15) is 18.1 Å². The first kappa shape index (κ1) is 28.8. The first-order chi connectivity index (χ1) is 14.7. The molecule has 13 nitrogen and oxygen atoms in total. The fourth-order valence-corrected chi connectivity index (χ4v) is 2.55. The van der Waals surface area contributed by atoms with E-state index < -0.39 is 78.6 Å². The van der Waals surface area contributed by atoms with Crippen LogP contribution in [0.5, 0.6) is 0 Å². The third-order valence-electron chi connectivity index (χ3n) is 4.82. The van der Waals surface area contributed by atoms with Gasteiger partial charge in [0.25, 0.3) is 0 Å². The van der Waals surface area contributed by atoms with E-state index in [9.17, 15) is 28.8 Å². The molecule has 0 saturated carbocycles. The fraction of sp³-hybridized carbons (Fsp3) is 0.684. The Balaban J connectivity index is 5.61. The van der Waals surface area contributed by atoms with Gasteiger partial charge < -0.3 is 37.0 Å². The highest BCUT2D eigenvalue weighted by Gasteiger charge is 2.34. The molecule has 0 spiro atoms. The van der Waals surface area contributed by atoms with Crippen LogP contribution in [0.2, 0.25) is 0 Å². The van der Waals surface area contributed by atoms with Crippen molar-refractivity contribution >= 4 is 35.6 Å². The van der Waals surface area contributed by atoms with Gasteiger partial charge in [-0.3, -0.25) is 24.0 Å². The van der Waals surface area contributed by atoms with Crippen LogP contribution in [-0.2, 0) is 28.8 Å². The third kappa shape index (κ3) is 9.73. The topological polar surface area (TPSA) is 225 Å². The number of carboxylic acids is 3. The highest BCUT2D eigenvalue weighted by atomic mass is 16.4. The van der Waals surface area contributed by atoms with Crippen molar-refractivity contribution in [1.82, 2.24) is 16.0 Å². The number of hydrogen-bond donors (Lipinski definition) is 7. The molecule has 0 rings (SSSR count). The predicted molar refractivity (Wildman–Crippen MR) is 110 cm³/mol. The minimum Gasteiger partial charge on any atom is -0.481 e. The quantitative estimate of drug-likeness (QED) is 0.159. The van der Waals surface area contributed by atoms with Crippen LogP contribution in [0, 0.1) is 11.8 Å². The molecule has 5 unspecified atom stereocenters. The van der Waals surface area contributed by atoms with Crippen molar-refractivity contribution in [1.29, 1.82) is 0 Å². The van der Waals surface area contributed by atoms with Crippen LogP contribution in [0.1, 0.15) is 47.0 Å². The van der Waals surface area contributed by atoms with E-state index in [0.717, 1.165) is 0 Å². The van der Waals surface area contributed by atoms with Gasteiger partial charge in [-0.05, 0) is 11.8 Å². The Morgan fingerprint density at radius 2 is 1.22 bits per heavy atom. The van der Waals surface area contributed by atoms with Crippen molar-refractivity contribution in [2.75, 3.05) is 0 Å². The summed E-state index contributed by atoms with van der Waals surface area (Å²) in [6.45, 7) is 6.84. The monoisotopic (exact) mass is 460 g/mol. The Morgan fingerprint density at radius 3 is 1.62 bits per heavy atom. The number of hydrogen-bond acceptors (Lipinski definition) is 7. The van der Waals surface area contributed by atoms with E-state index in [1.807, 2.05) is 5.32 Å². The lowest BCUT2D eigenvalue weighted by Crippen LogP contribution is -2.59. The number of carboxylic acid groups (broad SMARTS) is 3. The molecule has 3 amide bonds. The molecule has 0 aromatic carbocycles. The normalized spacial score (nSPS) is 15.6. The largest absolute Gasteiger partial charge is 0.481 e. The summed E-state index contributed by atoms with van der Waals surface area (Å²) >= 11 is 0. The molecule has 0 fully saturated rings. The summed E-state index contributed by atoms with van der Waals surface area (Å²) in [5.74, 6) is -7.91. The molecule has 0 aliphatic heterocycles. The number of nitrogens with two attached hydrogens (primary N) is 1. The fourth-order valence-electron chi connectivity index (χ4n) is 2.55. The lowest BCUT2D eigenvalue weighted by atomic mass is 9.96. The van der Waals surface area contributed by atoms with Crippen molar-refractivity contribution < 1.29 is 44.1 Å². The molecular weight excluding hydrogens is 428 g/mol. The maximum atomic E-state index is 12.8. The molecule has 32 heavy (non-hydrogen) atoms. The summed E-state index contributed by atoms with van der Waals surface area (Å²) in [7, 11) is 0. The summed E-state index contributed by atoms with van der Waals surface area (Å²) in [5.41, 5.74) is 5.80. The van der Waals surface area contributed by atoms with Gasteiger partial charge in [0.15, 0.2) is 0 Å². The van der Waals surface area contributed by atoms with E-state index in [2.05, 4.69) is 10.6 Å². The van der Waals surface area contributed by atoms with E-state index in [4.69, 9.17) is 21.1 Å². The van der Waals surface area contributed by atoms with Crippen LogP contribution < -0.4 is 21.7 Å². The number of aliphatic carboxylic acids is 3. The molecule has 0 aromatic rings. The van der Waals surface area contributed by atoms with Crippen LogP contribution in [0.3, 0.4) is 0 Å². The van der Waals surface area contributed by atoms with Gasteiger partial charge in [-0.2, -0.15) is 0 Å². The summed E-state index contributed by atoms with van der Waals surface area (Å²) in [6, 6.07) is -5.59. The number of amides is 3. The average molecular weight is 460 g/mol. The molecule has 0 aliphatic carbocycles. The maximum absolute atomic E-state index is 12.8. The number of rotatable bonds is 14. The van der Waals surface area contributed by atoms with Gasteiger partial charge in [0.2, 0.25) is 17.7 Å².